The molecule has 3 heterocycles. The zero-order valence-corrected chi connectivity index (χ0v) is 11.1. The maximum Gasteiger partial charge on any atom is 0.293 e. The van der Waals surface area contributed by atoms with Crippen LogP contribution < -0.4 is 5.32 Å². The third-order valence-electron chi connectivity index (χ3n) is 3.44. The fourth-order valence-corrected chi connectivity index (χ4v) is 2.48. The monoisotopic (exact) mass is 280 g/mol. The van der Waals surface area contributed by atoms with E-state index in [0.29, 0.717) is 19.0 Å². The first-order valence-electron chi connectivity index (χ1n) is 6.68. The Bertz CT molecular complexity index is 762. The molecule has 1 N–H and O–H groups in total. The lowest BCUT2D eigenvalue weighted by Gasteiger charge is -2.27. The predicted octanol–water partition coefficient (Wildman–Crippen LogP) is 1.77. The summed E-state index contributed by atoms with van der Waals surface area (Å²) < 4.78 is 5.10. The number of fused-ring (bicyclic) bond motifs is 3. The Morgan fingerprint density at radius 2 is 2.14 bits per heavy atom. The van der Waals surface area contributed by atoms with E-state index in [9.17, 15) is 4.79 Å². The molecule has 2 aromatic rings. The molecule has 6 heteroatoms. The molecule has 21 heavy (non-hydrogen) atoms. The van der Waals surface area contributed by atoms with Gasteiger partial charge in [0, 0.05) is 12.1 Å². The van der Waals surface area contributed by atoms with Gasteiger partial charge in [0.1, 0.15) is 5.84 Å². The van der Waals surface area contributed by atoms with Crippen LogP contribution >= 0.6 is 0 Å². The van der Waals surface area contributed by atoms with Crippen molar-refractivity contribution in [1.82, 2.24) is 10.2 Å². The third-order valence-corrected chi connectivity index (χ3v) is 3.44. The van der Waals surface area contributed by atoms with Crippen LogP contribution in [-0.4, -0.2) is 35.7 Å². The van der Waals surface area contributed by atoms with Gasteiger partial charge in [-0.15, -0.1) is 0 Å². The highest BCUT2D eigenvalue weighted by molar-refractivity contribution is 6.19. The molecule has 1 aromatic heterocycles. The van der Waals surface area contributed by atoms with Crippen LogP contribution in [0.4, 0.5) is 5.69 Å². The summed E-state index contributed by atoms with van der Waals surface area (Å²) in [6.45, 7) is 1.40. The van der Waals surface area contributed by atoms with E-state index < -0.39 is 0 Å². The molecule has 104 valence electrons. The Morgan fingerprint density at radius 3 is 3.00 bits per heavy atom. The zero-order chi connectivity index (χ0) is 14.2. The Hall–Kier alpha value is -2.89. The number of amidine groups is 1. The molecular formula is C15H12N4O2. The Morgan fingerprint density at radius 1 is 1.24 bits per heavy atom. The van der Waals surface area contributed by atoms with Crippen molar-refractivity contribution in [3.8, 4) is 0 Å². The SMILES string of the molecule is O=C(NC1=Nc2ccccc2C2=NCCN12)c1ccco1. The van der Waals surface area contributed by atoms with Crippen molar-refractivity contribution in [2.45, 2.75) is 0 Å². The van der Waals surface area contributed by atoms with Gasteiger partial charge in [-0.05, 0) is 24.3 Å². The van der Waals surface area contributed by atoms with Gasteiger partial charge in [0.2, 0.25) is 5.96 Å². The van der Waals surface area contributed by atoms with Crippen LogP contribution in [0.3, 0.4) is 0 Å². The summed E-state index contributed by atoms with van der Waals surface area (Å²) in [6.07, 6.45) is 1.47. The van der Waals surface area contributed by atoms with E-state index in [-0.39, 0.29) is 11.7 Å². The second-order valence-corrected chi connectivity index (χ2v) is 4.74. The first-order valence-corrected chi connectivity index (χ1v) is 6.68. The Kier molecular flexibility index (Phi) is 2.60. The number of hydrogen-bond donors (Lipinski definition) is 1. The van der Waals surface area contributed by atoms with Gasteiger partial charge in [-0.3, -0.25) is 20.0 Å². The minimum atomic E-state index is -0.315. The van der Waals surface area contributed by atoms with E-state index in [2.05, 4.69) is 15.3 Å². The fraction of sp³-hybridized carbons (Fsp3) is 0.133. The van der Waals surface area contributed by atoms with E-state index in [1.54, 1.807) is 12.1 Å². The number of furan rings is 1. The molecule has 0 fully saturated rings. The van der Waals surface area contributed by atoms with E-state index >= 15 is 0 Å². The van der Waals surface area contributed by atoms with Crippen molar-refractivity contribution in [2.75, 3.05) is 13.1 Å². The number of rotatable bonds is 1. The normalized spacial score (nSPS) is 15.9. The van der Waals surface area contributed by atoms with Crippen molar-refractivity contribution in [2.24, 2.45) is 9.98 Å². The number of amides is 1. The van der Waals surface area contributed by atoms with Crippen molar-refractivity contribution in [3.05, 3.63) is 54.0 Å². The second-order valence-electron chi connectivity index (χ2n) is 4.74. The number of nitrogens with zero attached hydrogens (tertiary/aromatic N) is 3. The minimum Gasteiger partial charge on any atom is -0.459 e. The smallest absolute Gasteiger partial charge is 0.293 e. The van der Waals surface area contributed by atoms with Crippen LogP contribution in [0.15, 0.2) is 57.1 Å². The molecule has 4 rings (SSSR count). The van der Waals surface area contributed by atoms with Crippen molar-refractivity contribution in [3.63, 3.8) is 0 Å². The molecule has 0 radical (unpaired) electrons. The number of carbonyl (C=O) groups is 1. The van der Waals surface area contributed by atoms with Crippen molar-refractivity contribution < 1.29 is 9.21 Å². The van der Waals surface area contributed by atoms with Crippen molar-refractivity contribution in [1.29, 1.82) is 0 Å². The lowest BCUT2D eigenvalue weighted by molar-refractivity contribution is 0.0947. The molecular weight excluding hydrogens is 268 g/mol. The predicted molar refractivity (Wildman–Crippen MR) is 77.8 cm³/mol. The summed E-state index contributed by atoms with van der Waals surface area (Å²) in [5.74, 6) is 1.29. The highest BCUT2D eigenvalue weighted by Gasteiger charge is 2.30. The molecule has 6 nitrogen and oxygen atoms in total. The number of nitrogens with one attached hydrogen (secondary N) is 1. The molecule has 0 saturated heterocycles. The third kappa shape index (κ3) is 1.92. The average molecular weight is 280 g/mol. The fourth-order valence-electron chi connectivity index (χ4n) is 2.48. The number of hydrogen-bond acceptors (Lipinski definition) is 5. The van der Waals surface area contributed by atoms with Crippen LogP contribution in [0.5, 0.6) is 0 Å². The molecule has 1 aromatic carbocycles. The molecule has 2 aliphatic heterocycles. The number of carbonyl (C=O) groups excluding carboxylic acids is 1. The van der Waals surface area contributed by atoms with E-state index in [4.69, 9.17) is 4.42 Å². The van der Waals surface area contributed by atoms with Crippen LogP contribution in [-0.2, 0) is 0 Å². The summed E-state index contributed by atoms with van der Waals surface area (Å²) in [6, 6.07) is 11.1. The molecule has 2 aliphatic rings. The van der Waals surface area contributed by atoms with Gasteiger partial charge in [0.05, 0.1) is 18.5 Å². The van der Waals surface area contributed by atoms with Gasteiger partial charge >= 0.3 is 0 Å². The zero-order valence-electron chi connectivity index (χ0n) is 11.1. The lowest BCUT2D eigenvalue weighted by Crippen LogP contribution is -2.47. The molecule has 0 spiro atoms. The number of para-hydroxylation sites is 1. The Labute approximate surface area is 120 Å². The molecule has 0 atom stereocenters. The van der Waals surface area contributed by atoms with Gasteiger partial charge in [-0.1, -0.05) is 12.1 Å². The van der Waals surface area contributed by atoms with E-state index in [0.717, 1.165) is 17.1 Å². The summed E-state index contributed by atoms with van der Waals surface area (Å²) in [4.78, 5) is 23.1. The first kappa shape index (κ1) is 11.9. The van der Waals surface area contributed by atoms with Crippen LogP contribution in [0, 0.1) is 0 Å². The second kappa shape index (κ2) is 4.59. The van der Waals surface area contributed by atoms with Crippen LogP contribution in [0.25, 0.3) is 0 Å². The van der Waals surface area contributed by atoms with Crippen LogP contribution in [0.2, 0.25) is 0 Å². The van der Waals surface area contributed by atoms with Crippen molar-refractivity contribution >= 4 is 23.4 Å². The van der Waals surface area contributed by atoms with Crippen LogP contribution in [0.1, 0.15) is 16.1 Å². The lowest BCUT2D eigenvalue weighted by atomic mass is 10.1. The molecule has 0 unspecified atom stereocenters. The molecule has 1 amide bonds. The summed E-state index contributed by atoms with van der Waals surface area (Å²) in [5, 5.41) is 2.80. The van der Waals surface area contributed by atoms with E-state index in [1.807, 2.05) is 29.2 Å². The molecule has 0 saturated carbocycles. The summed E-state index contributed by atoms with van der Waals surface area (Å²) in [7, 11) is 0. The maximum absolute atomic E-state index is 12.1. The van der Waals surface area contributed by atoms with Gasteiger partial charge in [0.15, 0.2) is 5.76 Å². The van der Waals surface area contributed by atoms with E-state index in [1.165, 1.54) is 6.26 Å². The van der Waals surface area contributed by atoms with Gasteiger partial charge < -0.3 is 4.42 Å². The molecule has 0 aliphatic carbocycles. The largest absolute Gasteiger partial charge is 0.459 e. The summed E-state index contributed by atoms with van der Waals surface area (Å²) >= 11 is 0. The standard InChI is InChI=1S/C15H12N4O2/c20-14(12-6-3-9-21-12)18-15-17-11-5-2-1-4-10(11)13-16-7-8-19(13)15/h1-6,9H,7-8H2,(H,17,18,20). The maximum atomic E-state index is 12.1. The summed E-state index contributed by atoms with van der Waals surface area (Å²) in [5.41, 5.74) is 1.80. The Balaban J connectivity index is 1.71. The average Bonchev–Trinajstić information content (AvgIpc) is 3.19. The van der Waals surface area contributed by atoms with Gasteiger partial charge in [0.25, 0.3) is 5.91 Å². The number of guanidine groups is 1. The highest BCUT2D eigenvalue weighted by Crippen LogP contribution is 2.27. The number of aliphatic imine (C=N–C) groups is 2. The first-order chi connectivity index (χ1) is 10.3. The van der Waals surface area contributed by atoms with Gasteiger partial charge in [-0.2, -0.15) is 0 Å². The topological polar surface area (TPSA) is 70.2 Å². The number of benzene rings is 1. The minimum absolute atomic E-state index is 0.259. The molecule has 0 bridgehead atoms. The highest BCUT2D eigenvalue weighted by atomic mass is 16.3. The van der Waals surface area contributed by atoms with Gasteiger partial charge in [-0.25, -0.2) is 4.99 Å². The quantitative estimate of drug-likeness (QED) is 0.865.